The fraction of sp³-hybridized carbons (Fsp3) is 0.750. The molecule has 0 aliphatic heterocycles. The summed E-state index contributed by atoms with van der Waals surface area (Å²) in [4.78, 5) is 8.98. The van der Waals surface area contributed by atoms with E-state index in [4.69, 9.17) is 0 Å². The summed E-state index contributed by atoms with van der Waals surface area (Å²) in [5.74, 6) is 2.46. The van der Waals surface area contributed by atoms with E-state index in [0.29, 0.717) is 6.04 Å². The normalized spacial score (nSPS) is 23.1. The van der Waals surface area contributed by atoms with Crippen LogP contribution in [0.3, 0.4) is 0 Å². The average Bonchev–Trinajstić information content (AvgIpc) is 2.65. The van der Waals surface area contributed by atoms with Crippen LogP contribution in [0.4, 0.5) is 11.8 Å². The van der Waals surface area contributed by atoms with Crippen LogP contribution in [0, 0.1) is 12.8 Å². The van der Waals surface area contributed by atoms with E-state index in [1.54, 1.807) is 0 Å². The molecule has 2 atom stereocenters. The molecule has 4 heteroatoms. The summed E-state index contributed by atoms with van der Waals surface area (Å²) in [6.45, 7) is 7.50. The van der Waals surface area contributed by atoms with Gasteiger partial charge in [0.25, 0.3) is 0 Å². The summed E-state index contributed by atoms with van der Waals surface area (Å²) in [7, 11) is 0. The topological polar surface area (TPSA) is 49.8 Å². The highest BCUT2D eigenvalue weighted by molar-refractivity contribution is 5.47. The minimum absolute atomic E-state index is 0.546. The van der Waals surface area contributed by atoms with Gasteiger partial charge in [0, 0.05) is 24.3 Å². The lowest BCUT2D eigenvalue weighted by atomic mass is 9.97. The molecular formula is C16H28N4. The highest BCUT2D eigenvalue weighted by Gasteiger charge is 2.20. The Balaban J connectivity index is 2.06. The molecule has 0 radical (unpaired) electrons. The predicted octanol–water partition coefficient (Wildman–Crippen LogP) is 3.99. The van der Waals surface area contributed by atoms with Gasteiger partial charge >= 0.3 is 0 Å². The van der Waals surface area contributed by atoms with E-state index < -0.39 is 0 Å². The third-order valence-electron chi connectivity index (χ3n) is 4.19. The smallest absolute Gasteiger partial charge is 0.224 e. The monoisotopic (exact) mass is 276 g/mol. The zero-order valence-electron chi connectivity index (χ0n) is 13.1. The van der Waals surface area contributed by atoms with Crippen molar-refractivity contribution < 1.29 is 0 Å². The predicted molar refractivity (Wildman–Crippen MR) is 85.2 cm³/mol. The zero-order chi connectivity index (χ0) is 14.4. The third kappa shape index (κ3) is 4.09. The largest absolute Gasteiger partial charge is 0.367 e. The number of rotatable bonds is 5. The Morgan fingerprint density at radius 3 is 2.85 bits per heavy atom. The highest BCUT2D eigenvalue weighted by atomic mass is 15.1. The molecule has 112 valence electrons. The van der Waals surface area contributed by atoms with Gasteiger partial charge in [-0.3, -0.25) is 0 Å². The summed E-state index contributed by atoms with van der Waals surface area (Å²) < 4.78 is 0. The van der Waals surface area contributed by atoms with Crippen molar-refractivity contribution in [2.75, 3.05) is 17.2 Å². The number of nitrogens with one attached hydrogen (secondary N) is 2. The van der Waals surface area contributed by atoms with Crippen molar-refractivity contribution in [1.29, 1.82) is 0 Å². The second kappa shape index (κ2) is 7.46. The lowest BCUT2D eigenvalue weighted by Crippen LogP contribution is -2.27. The first-order valence-corrected chi connectivity index (χ1v) is 8.04. The maximum atomic E-state index is 4.64. The number of aryl methyl sites for hydroxylation is 1. The van der Waals surface area contributed by atoms with Crippen molar-refractivity contribution in [2.24, 2.45) is 5.92 Å². The average molecular weight is 276 g/mol. The van der Waals surface area contributed by atoms with Crippen molar-refractivity contribution in [3.05, 3.63) is 11.8 Å². The Kier molecular flexibility index (Phi) is 5.62. The van der Waals surface area contributed by atoms with Gasteiger partial charge < -0.3 is 10.6 Å². The maximum absolute atomic E-state index is 4.64. The molecule has 0 amide bonds. The first-order chi connectivity index (χ1) is 9.70. The van der Waals surface area contributed by atoms with Crippen molar-refractivity contribution in [2.45, 2.75) is 65.3 Å². The molecule has 0 aromatic carbocycles. The van der Waals surface area contributed by atoms with Crippen molar-refractivity contribution in [3.8, 4) is 0 Å². The minimum Gasteiger partial charge on any atom is -0.367 e. The number of hydrogen-bond acceptors (Lipinski definition) is 4. The molecule has 2 unspecified atom stereocenters. The zero-order valence-corrected chi connectivity index (χ0v) is 13.1. The van der Waals surface area contributed by atoms with Gasteiger partial charge in [-0.05, 0) is 32.1 Å². The molecule has 1 saturated carbocycles. The van der Waals surface area contributed by atoms with Gasteiger partial charge in [-0.25, -0.2) is 4.98 Å². The van der Waals surface area contributed by atoms with Crippen LogP contribution >= 0.6 is 0 Å². The molecule has 1 aliphatic rings. The number of nitrogens with zero attached hydrogens (tertiary/aromatic N) is 2. The number of aromatic nitrogens is 2. The Morgan fingerprint density at radius 1 is 1.25 bits per heavy atom. The van der Waals surface area contributed by atoms with Gasteiger partial charge in [0.1, 0.15) is 5.82 Å². The number of anilines is 2. The third-order valence-corrected chi connectivity index (χ3v) is 4.19. The van der Waals surface area contributed by atoms with E-state index >= 15 is 0 Å². The molecule has 0 spiro atoms. The summed E-state index contributed by atoms with van der Waals surface area (Å²) >= 11 is 0. The molecule has 2 rings (SSSR count). The molecule has 0 saturated heterocycles. The Hall–Kier alpha value is -1.32. The summed E-state index contributed by atoms with van der Waals surface area (Å²) in [6.07, 6.45) is 9.63. The van der Waals surface area contributed by atoms with Crippen LogP contribution in [-0.2, 0) is 0 Å². The number of hydrogen-bond donors (Lipinski definition) is 2. The second-order valence-electron chi connectivity index (χ2n) is 6.02. The van der Waals surface area contributed by atoms with E-state index in [-0.39, 0.29) is 0 Å². The first-order valence-electron chi connectivity index (χ1n) is 8.04. The van der Waals surface area contributed by atoms with Gasteiger partial charge in [-0.1, -0.05) is 33.1 Å². The lowest BCUT2D eigenvalue weighted by molar-refractivity contribution is 0.455. The Morgan fingerprint density at radius 2 is 2.05 bits per heavy atom. The molecule has 1 aromatic rings. The summed E-state index contributed by atoms with van der Waals surface area (Å²) in [5, 5.41) is 6.93. The van der Waals surface area contributed by atoms with Gasteiger partial charge in [0.05, 0.1) is 0 Å². The fourth-order valence-corrected chi connectivity index (χ4v) is 2.79. The van der Waals surface area contributed by atoms with Crippen LogP contribution < -0.4 is 10.6 Å². The van der Waals surface area contributed by atoms with Gasteiger partial charge in [-0.2, -0.15) is 4.98 Å². The molecule has 1 heterocycles. The van der Waals surface area contributed by atoms with Crippen LogP contribution in [0.25, 0.3) is 0 Å². The molecule has 20 heavy (non-hydrogen) atoms. The van der Waals surface area contributed by atoms with Crippen molar-refractivity contribution >= 4 is 11.8 Å². The quantitative estimate of drug-likeness (QED) is 0.798. The fourth-order valence-electron chi connectivity index (χ4n) is 2.79. The molecule has 1 aromatic heterocycles. The van der Waals surface area contributed by atoms with Crippen LogP contribution in [-0.4, -0.2) is 22.6 Å². The van der Waals surface area contributed by atoms with E-state index in [2.05, 4.69) is 41.4 Å². The Labute approximate surface area is 122 Å². The van der Waals surface area contributed by atoms with Crippen molar-refractivity contribution in [3.63, 3.8) is 0 Å². The molecule has 1 fully saturated rings. The van der Waals surface area contributed by atoms with E-state index in [9.17, 15) is 0 Å². The van der Waals surface area contributed by atoms with E-state index in [1.807, 2.05) is 6.20 Å². The minimum atomic E-state index is 0.546. The first kappa shape index (κ1) is 15.1. The van der Waals surface area contributed by atoms with Gasteiger partial charge in [-0.15, -0.1) is 0 Å². The second-order valence-corrected chi connectivity index (χ2v) is 6.02. The van der Waals surface area contributed by atoms with E-state index in [0.717, 1.165) is 36.2 Å². The van der Waals surface area contributed by atoms with Crippen LogP contribution in [0.2, 0.25) is 0 Å². The highest BCUT2D eigenvalue weighted by Crippen LogP contribution is 2.26. The standard InChI is InChI=1S/C16H28N4/c1-4-10-17-16-18-11-13(3)15(20-16)19-14-9-7-5-6-8-12(14)2/h11-12,14H,4-10H2,1-3H3,(H2,17,18,19,20). The molecule has 4 nitrogen and oxygen atoms in total. The van der Waals surface area contributed by atoms with Crippen LogP contribution in [0.5, 0.6) is 0 Å². The maximum Gasteiger partial charge on any atom is 0.224 e. The molecule has 1 aliphatic carbocycles. The van der Waals surface area contributed by atoms with Crippen molar-refractivity contribution in [1.82, 2.24) is 9.97 Å². The lowest BCUT2D eigenvalue weighted by Gasteiger charge is -2.24. The molecular weight excluding hydrogens is 248 g/mol. The molecule has 0 bridgehead atoms. The SMILES string of the molecule is CCCNc1ncc(C)c(NC2CCCCCC2C)n1. The van der Waals surface area contributed by atoms with Gasteiger partial charge in [0.15, 0.2) is 0 Å². The van der Waals surface area contributed by atoms with Gasteiger partial charge in [0.2, 0.25) is 5.95 Å². The molecule has 2 N–H and O–H groups in total. The van der Waals surface area contributed by atoms with E-state index in [1.165, 1.54) is 32.1 Å². The summed E-state index contributed by atoms with van der Waals surface area (Å²) in [5.41, 5.74) is 1.13. The Bertz CT molecular complexity index is 419. The summed E-state index contributed by atoms with van der Waals surface area (Å²) in [6, 6.07) is 0.546. The van der Waals surface area contributed by atoms with Crippen LogP contribution in [0.15, 0.2) is 6.20 Å². The van der Waals surface area contributed by atoms with Crippen LogP contribution in [0.1, 0.15) is 57.9 Å².